The fraction of sp³-hybridized carbons (Fsp3) is 0.429. The van der Waals surface area contributed by atoms with Gasteiger partial charge in [-0.05, 0) is 24.1 Å². The first kappa shape index (κ1) is 13.4. The van der Waals surface area contributed by atoms with Crippen LogP contribution in [0.15, 0.2) is 24.3 Å². The number of amides is 3. The Bertz CT molecular complexity index is 470. The molecule has 2 rings (SSSR count). The van der Waals surface area contributed by atoms with Crippen LogP contribution in [0.25, 0.3) is 0 Å². The summed E-state index contributed by atoms with van der Waals surface area (Å²) in [5.74, 6) is 0.0293. The average molecular weight is 262 g/mol. The maximum Gasteiger partial charge on any atom is 0.324 e. The molecule has 5 nitrogen and oxygen atoms in total. The van der Waals surface area contributed by atoms with E-state index in [4.69, 9.17) is 0 Å². The standard InChI is InChI=1S/C14H18N2O3/c1-2-3-8-16-13(18)12(15-14(16)19)9-10-4-6-11(17)7-5-10/h4-7,12,17H,2-3,8-9H2,1H3,(H,15,19). The molecule has 1 saturated heterocycles. The molecule has 0 aromatic heterocycles. The predicted octanol–water partition coefficient (Wildman–Crippen LogP) is 1.66. The van der Waals surface area contributed by atoms with Gasteiger partial charge in [0.2, 0.25) is 0 Å². The molecular formula is C14H18N2O3. The molecule has 2 N–H and O–H groups in total. The van der Waals surface area contributed by atoms with Crippen molar-refractivity contribution in [1.29, 1.82) is 0 Å². The topological polar surface area (TPSA) is 69.6 Å². The number of rotatable bonds is 5. The van der Waals surface area contributed by atoms with Gasteiger partial charge in [-0.1, -0.05) is 25.5 Å². The van der Waals surface area contributed by atoms with Crippen LogP contribution in [0.1, 0.15) is 25.3 Å². The molecule has 1 aromatic carbocycles. The molecule has 1 atom stereocenters. The first-order valence-corrected chi connectivity index (χ1v) is 6.51. The van der Waals surface area contributed by atoms with Crippen LogP contribution in [0, 0.1) is 0 Å². The molecule has 0 aliphatic carbocycles. The number of aromatic hydroxyl groups is 1. The molecule has 1 aliphatic heterocycles. The zero-order valence-corrected chi connectivity index (χ0v) is 10.9. The second-order valence-corrected chi connectivity index (χ2v) is 4.72. The van der Waals surface area contributed by atoms with Gasteiger partial charge in [0.25, 0.3) is 5.91 Å². The van der Waals surface area contributed by atoms with Crippen LogP contribution in [0.4, 0.5) is 4.79 Å². The SMILES string of the molecule is CCCCN1C(=O)NC(Cc2ccc(O)cc2)C1=O. The van der Waals surface area contributed by atoms with Crippen molar-refractivity contribution in [3.63, 3.8) is 0 Å². The van der Waals surface area contributed by atoms with Crippen molar-refractivity contribution in [2.45, 2.75) is 32.2 Å². The molecule has 0 bridgehead atoms. The molecule has 102 valence electrons. The van der Waals surface area contributed by atoms with Crippen molar-refractivity contribution >= 4 is 11.9 Å². The highest BCUT2D eigenvalue weighted by Crippen LogP contribution is 2.15. The van der Waals surface area contributed by atoms with Crippen LogP contribution in [-0.4, -0.2) is 34.5 Å². The summed E-state index contributed by atoms with van der Waals surface area (Å²) in [4.78, 5) is 25.1. The summed E-state index contributed by atoms with van der Waals surface area (Å²) in [5, 5.41) is 11.9. The Morgan fingerprint density at radius 3 is 2.58 bits per heavy atom. The number of phenolic OH excluding ortho intramolecular Hbond substituents is 1. The number of hydrogen-bond acceptors (Lipinski definition) is 3. The van der Waals surface area contributed by atoms with Crippen LogP contribution in [-0.2, 0) is 11.2 Å². The number of unbranched alkanes of at least 4 members (excludes halogenated alkanes) is 1. The lowest BCUT2D eigenvalue weighted by Crippen LogP contribution is -2.33. The van der Waals surface area contributed by atoms with Gasteiger partial charge < -0.3 is 10.4 Å². The number of phenols is 1. The Morgan fingerprint density at radius 1 is 1.26 bits per heavy atom. The lowest BCUT2D eigenvalue weighted by atomic mass is 10.1. The number of carbonyl (C=O) groups is 2. The summed E-state index contributed by atoms with van der Waals surface area (Å²) < 4.78 is 0. The van der Waals surface area contributed by atoms with Crippen LogP contribution in [0.5, 0.6) is 5.75 Å². The number of imide groups is 1. The highest BCUT2D eigenvalue weighted by atomic mass is 16.3. The number of hydrogen-bond donors (Lipinski definition) is 2. The Hall–Kier alpha value is -2.04. The first-order valence-electron chi connectivity index (χ1n) is 6.51. The molecule has 0 spiro atoms. The van der Waals surface area contributed by atoms with E-state index in [0.29, 0.717) is 13.0 Å². The fourth-order valence-corrected chi connectivity index (χ4v) is 2.11. The third kappa shape index (κ3) is 3.05. The van der Waals surface area contributed by atoms with Gasteiger partial charge in [-0.25, -0.2) is 4.79 Å². The molecule has 3 amide bonds. The van der Waals surface area contributed by atoms with E-state index >= 15 is 0 Å². The van der Waals surface area contributed by atoms with Crippen molar-refractivity contribution in [1.82, 2.24) is 10.2 Å². The van der Waals surface area contributed by atoms with Crippen molar-refractivity contribution in [2.75, 3.05) is 6.54 Å². The number of nitrogens with one attached hydrogen (secondary N) is 1. The second kappa shape index (κ2) is 5.73. The molecule has 1 unspecified atom stereocenters. The van der Waals surface area contributed by atoms with Gasteiger partial charge in [-0.15, -0.1) is 0 Å². The van der Waals surface area contributed by atoms with E-state index in [-0.39, 0.29) is 17.7 Å². The second-order valence-electron chi connectivity index (χ2n) is 4.72. The summed E-state index contributed by atoms with van der Waals surface area (Å²) in [6.45, 7) is 2.50. The molecule has 1 fully saturated rings. The summed E-state index contributed by atoms with van der Waals surface area (Å²) in [6.07, 6.45) is 2.22. The minimum atomic E-state index is -0.492. The number of benzene rings is 1. The van der Waals surface area contributed by atoms with Crippen molar-refractivity contribution in [3.05, 3.63) is 29.8 Å². The van der Waals surface area contributed by atoms with Gasteiger partial charge in [0.15, 0.2) is 0 Å². The highest BCUT2D eigenvalue weighted by Gasteiger charge is 2.37. The summed E-state index contributed by atoms with van der Waals surface area (Å²) in [7, 11) is 0. The minimum absolute atomic E-state index is 0.161. The van der Waals surface area contributed by atoms with E-state index in [1.807, 2.05) is 6.92 Å². The van der Waals surface area contributed by atoms with E-state index in [1.165, 1.54) is 4.90 Å². The maximum atomic E-state index is 12.1. The summed E-state index contributed by atoms with van der Waals surface area (Å²) in [5.41, 5.74) is 0.911. The average Bonchev–Trinajstić information content (AvgIpc) is 2.65. The molecule has 1 aromatic rings. The smallest absolute Gasteiger partial charge is 0.324 e. The molecule has 5 heteroatoms. The van der Waals surface area contributed by atoms with E-state index in [0.717, 1.165) is 18.4 Å². The highest BCUT2D eigenvalue weighted by molar-refractivity contribution is 6.04. The van der Waals surface area contributed by atoms with Gasteiger partial charge in [-0.2, -0.15) is 0 Å². The van der Waals surface area contributed by atoms with Gasteiger partial charge in [0, 0.05) is 13.0 Å². The van der Waals surface area contributed by atoms with Gasteiger partial charge in [0.05, 0.1) is 0 Å². The van der Waals surface area contributed by atoms with Crippen molar-refractivity contribution < 1.29 is 14.7 Å². The minimum Gasteiger partial charge on any atom is -0.508 e. The Morgan fingerprint density at radius 2 is 1.95 bits per heavy atom. The number of nitrogens with zero attached hydrogens (tertiary/aromatic N) is 1. The zero-order chi connectivity index (χ0) is 13.8. The van der Waals surface area contributed by atoms with E-state index < -0.39 is 6.04 Å². The number of urea groups is 1. The fourth-order valence-electron chi connectivity index (χ4n) is 2.11. The van der Waals surface area contributed by atoms with Crippen LogP contribution in [0.2, 0.25) is 0 Å². The van der Waals surface area contributed by atoms with E-state index in [1.54, 1.807) is 24.3 Å². The molecule has 19 heavy (non-hydrogen) atoms. The molecule has 1 aliphatic rings. The van der Waals surface area contributed by atoms with E-state index in [9.17, 15) is 14.7 Å². The molecule has 0 radical (unpaired) electrons. The Balaban J connectivity index is 2.00. The molecule has 0 saturated carbocycles. The first-order chi connectivity index (χ1) is 9.11. The quantitative estimate of drug-likeness (QED) is 0.793. The van der Waals surface area contributed by atoms with Crippen LogP contribution >= 0.6 is 0 Å². The van der Waals surface area contributed by atoms with E-state index in [2.05, 4.69) is 5.32 Å². The largest absolute Gasteiger partial charge is 0.508 e. The van der Waals surface area contributed by atoms with Gasteiger partial charge in [0.1, 0.15) is 11.8 Å². The Kier molecular flexibility index (Phi) is 4.04. The normalized spacial score (nSPS) is 18.8. The Labute approximate surface area is 112 Å². The third-order valence-corrected chi connectivity index (χ3v) is 3.22. The van der Waals surface area contributed by atoms with Gasteiger partial charge >= 0.3 is 6.03 Å². The molecule has 1 heterocycles. The van der Waals surface area contributed by atoms with Crippen molar-refractivity contribution in [3.8, 4) is 5.75 Å². The van der Waals surface area contributed by atoms with Crippen molar-refractivity contribution in [2.24, 2.45) is 0 Å². The predicted molar refractivity (Wildman–Crippen MR) is 70.8 cm³/mol. The maximum absolute atomic E-state index is 12.1. The monoisotopic (exact) mass is 262 g/mol. The molecular weight excluding hydrogens is 244 g/mol. The van der Waals surface area contributed by atoms with Crippen LogP contribution in [0.3, 0.4) is 0 Å². The summed E-state index contributed by atoms with van der Waals surface area (Å²) >= 11 is 0. The lowest BCUT2D eigenvalue weighted by Gasteiger charge is -2.12. The third-order valence-electron chi connectivity index (χ3n) is 3.22. The number of carbonyl (C=O) groups excluding carboxylic acids is 2. The summed E-state index contributed by atoms with van der Waals surface area (Å²) in [6, 6.07) is 5.86. The van der Waals surface area contributed by atoms with Gasteiger partial charge in [-0.3, -0.25) is 9.69 Å². The zero-order valence-electron chi connectivity index (χ0n) is 10.9. The lowest BCUT2D eigenvalue weighted by molar-refractivity contribution is -0.127. The van der Waals surface area contributed by atoms with Crippen LogP contribution < -0.4 is 5.32 Å².